The molecule has 7 heteroatoms. The van der Waals surface area contributed by atoms with Gasteiger partial charge in [0.05, 0.1) is 12.5 Å². The van der Waals surface area contributed by atoms with Crippen molar-refractivity contribution in [2.75, 3.05) is 13.7 Å². The van der Waals surface area contributed by atoms with Gasteiger partial charge < -0.3 is 24.1 Å². The second-order valence-electron chi connectivity index (χ2n) is 10.1. The SMILES string of the molecule is COc1ccccc1CNC(=O)C1(C)COc2c(oc3ccccc23)C(=O)N1C1CC2(CC2)C1. The van der Waals surface area contributed by atoms with Gasteiger partial charge in [-0.1, -0.05) is 30.3 Å². The summed E-state index contributed by atoms with van der Waals surface area (Å²) in [5, 5.41) is 3.78. The summed E-state index contributed by atoms with van der Waals surface area (Å²) in [7, 11) is 1.61. The first kappa shape index (κ1) is 21.1. The highest BCUT2D eigenvalue weighted by Crippen LogP contribution is 2.62. The Morgan fingerprint density at radius 3 is 2.65 bits per heavy atom. The molecule has 1 aliphatic heterocycles. The maximum Gasteiger partial charge on any atom is 0.294 e. The van der Waals surface area contributed by atoms with Crippen LogP contribution in [0.3, 0.4) is 0 Å². The van der Waals surface area contributed by atoms with E-state index in [1.54, 1.807) is 18.9 Å². The fraction of sp³-hybridized carbons (Fsp3) is 0.407. The first-order valence-electron chi connectivity index (χ1n) is 11.8. The van der Waals surface area contributed by atoms with Gasteiger partial charge in [0.2, 0.25) is 11.7 Å². The third kappa shape index (κ3) is 3.17. The number of nitrogens with zero attached hydrogens (tertiary/aromatic N) is 1. The zero-order valence-corrected chi connectivity index (χ0v) is 19.4. The van der Waals surface area contributed by atoms with E-state index in [1.165, 1.54) is 12.8 Å². The minimum atomic E-state index is -1.18. The number of rotatable bonds is 5. The van der Waals surface area contributed by atoms with Crippen molar-refractivity contribution in [3.05, 3.63) is 59.9 Å². The Labute approximate surface area is 198 Å². The predicted molar refractivity (Wildman–Crippen MR) is 126 cm³/mol. The quantitative estimate of drug-likeness (QED) is 0.614. The van der Waals surface area contributed by atoms with Crippen LogP contribution in [0, 0.1) is 5.41 Å². The number of benzene rings is 2. The summed E-state index contributed by atoms with van der Waals surface area (Å²) < 4.78 is 17.6. The van der Waals surface area contributed by atoms with E-state index in [1.807, 2.05) is 48.5 Å². The van der Waals surface area contributed by atoms with Crippen LogP contribution in [0.2, 0.25) is 0 Å². The van der Waals surface area contributed by atoms with Gasteiger partial charge in [0.1, 0.15) is 17.9 Å². The van der Waals surface area contributed by atoms with Crippen LogP contribution >= 0.6 is 0 Å². The third-order valence-corrected chi connectivity index (χ3v) is 7.77. The number of methoxy groups -OCH3 is 1. The van der Waals surface area contributed by atoms with Crippen molar-refractivity contribution >= 4 is 22.8 Å². The molecular weight excluding hydrogens is 432 g/mol. The summed E-state index contributed by atoms with van der Waals surface area (Å²) in [5.41, 5.74) is 0.664. The molecular formula is C27H28N2O5. The van der Waals surface area contributed by atoms with Crippen molar-refractivity contribution in [3.63, 3.8) is 0 Å². The lowest BCUT2D eigenvalue weighted by Gasteiger charge is -2.49. The number of para-hydroxylation sites is 2. The zero-order chi connectivity index (χ0) is 23.5. The Morgan fingerprint density at radius 1 is 1.15 bits per heavy atom. The highest BCUT2D eigenvalue weighted by molar-refractivity contribution is 6.05. The summed E-state index contributed by atoms with van der Waals surface area (Å²) in [6.07, 6.45) is 4.25. The summed E-state index contributed by atoms with van der Waals surface area (Å²) >= 11 is 0. The maximum absolute atomic E-state index is 13.9. The van der Waals surface area contributed by atoms with Crippen molar-refractivity contribution in [2.45, 2.75) is 50.7 Å². The highest BCUT2D eigenvalue weighted by atomic mass is 16.5. The number of fused-ring (bicyclic) bond motifs is 3. The Bertz CT molecular complexity index is 1290. The Morgan fingerprint density at radius 2 is 1.88 bits per heavy atom. The molecule has 3 aliphatic rings. The monoisotopic (exact) mass is 460 g/mol. The normalized spacial score (nSPS) is 23.1. The van der Waals surface area contributed by atoms with Crippen molar-refractivity contribution < 1.29 is 23.5 Å². The van der Waals surface area contributed by atoms with Crippen molar-refractivity contribution in [3.8, 4) is 11.5 Å². The van der Waals surface area contributed by atoms with Crippen molar-refractivity contribution in [1.29, 1.82) is 0 Å². The van der Waals surface area contributed by atoms with E-state index < -0.39 is 5.54 Å². The Kier molecular flexibility index (Phi) is 4.66. The summed E-state index contributed by atoms with van der Waals surface area (Å²) in [6.45, 7) is 2.15. The minimum absolute atomic E-state index is 0.0141. The lowest BCUT2D eigenvalue weighted by Crippen LogP contribution is -2.66. The van der Waals surface area contributed by atoms with Crippen LogP contribution in [0.15, 0.2) is 52.9 Å². The van der Waals surface area contributed by atoms with Crippen LogP contribution in [-0.4, -0.2) is 42.0 Å². The van der Waals surface area contributed by atoms with Gasteiger partial charge in [0.25, 0.3) is 5.91 Å². The molecule has 3 aromatic rings. The number of carbonyl (C=O) groups excluding carboxylic acids is 2. The fourth-order valence-corrected chi connectivity index (χ4v) is 5.59. The van der Waals surface area contributed by atoms with Gasteiger partial charge in [-0.15, -0.1) is 0 Å². The molecule has 7 nitrogen and oxygen atoms in total. The summed E-state index contributed by atoms with van der Waals surface area (Å²) in [6, 6.07) is 15.0. The molecule has 6 rings (SSSR count). The van der Waals surface area contributed by atoms with Gasteiger partial charge in [-0.25, -0.2) is 0 Å². The highest BCUT2D eigenvalue weighted by Gasteiger charge is 2.60. The molecule has 2 fully saturated rings. The molecule has 2 aromatic carbocycles. The number of amides is 2. The van der Waals surface area contributed by atoms with Gasteiger partial charge in [-0.3, -0.25) is 9.59 Å². The smallest absolute Gasteiger partial charge is 0.294 e. The average molecular weight is 461 g/mol. The predicted octanol–water partition coefficient (Wildman–Crippen LogP) is 4.29. The number of hydrogen-bond acceptors (Lipinski definition) is 5. The molecule has 1 atom stereocenters. The van der Waals surface area contributed by atoms with E-state index in [-0.39, 0.29) is 30.2 Å². The van der Waals surface area contributed by atoms with Crippen LogP contribution in [0.4, 0.5) is 0 Å². The van der Waals surface area contributed by atoms with Crippen LogP contribution in [-0.2, 0) is 11.3 Å². The molecule has 1 aromatic heterocycles. The van der Waals surface area contributed by atoms with Crippen LogP contribution in [0.5, 0.6) is 11.5 Å². The summed E-state index contributed by atoms with van der Waals surface area (Å²) in [4.78, 5) is 29.4. The molecule has 2 aliphatic carbocycles. The van der Waals surface area contributed by atoms with Gasteiger partial charge in [-0.05, 0) is 56.2 Å². The molecule has 2 saturated carbocycles. The van der Waals surface area contributed by atoms with Gasteiger partial charge in [0, 0.05) is 18.2 Å². The van der Waals surface area contributed by atoms with E-state index in [4.69, 9.17) is 13.9 Å². The number of hydrogen-bond donors (Lipinski definition) is 1. The second kappa shape index (κ2) is 7.52. The van der Waals surface area contributed by atoms with Crippen molar-refractivity contribution in [2.24, 2.45) is 5.41 Å². The molecule has 1 N–H and O–H groups in total. The van der Waals surface area contributed by atoms with Crippen LogP contribution in [0.1, 0.15) is 48.7 Å². The van der Waals surface area contributed by atoms with E-state index in [2.05, 4.69) is 5.32 Å². The van der Waals surface area contributed by atoms with Gasteiger partial charge in [0.15, 0.2) is 11.3 Å². The topological polar surface area (TPSA) is 81.0 Å². The molecule has 2 heterocycles. The van der Waals surface area contributed by atoms with E-state index in [9.17, 15) is 9.59 Å². The van der Waals surface area contributed by atoms with Gasteiger partial charge >= 0.3 is 0 Å². The van der Waals surface area contributed by atoms with E-state index in [0.717, 1.165) is 23.8 Å². The maximum atomic E-state index is 13.9. The van der Waals surface area contributed by atoms with E-state index in [0.29, 0.717) is 29.0 Å². The first-order chi connectivity index (χ1) is 16.4. The van der Waals surface area contributed by atoms with Crippen molar-refractivity contribution in [1.82, 2.24) is 10.2 Å². The molecule has 1 spiro atoms. The minimum Gasteiger partial charge on any atom is -0.496 e. The third-order valence-electron chi connectivity index (χ3n) is 7.77. The molecule has 0 bridgehead atoms. The lowest BCUT2D eigenvalue weighted by molar-refractivity contribution is -0.136. The zero-order valence-electron chi connectivity index (χ0n) is 19.4. The molecule has 1 unspecified atom stereocenters. The fourth-order valence-electron chi connectivity index (χ4n) is 5.59. The molecule has 0 radical (unpaired) electrons. The lowest BCUT2D eigenvalue weighted by atomic mass is 9.74. The van der Waals surface area contributed by atoms with Crippen LogP contribution < -0.4 is 14.8 Å². The number of furan rings is 1. The number of carbonyl (C=O) groups is 2. The van der Waals surface area contributed by atoms with E-state index >= 15 is 0 Å². The summed E-state index contributed by atoms with van der Waals surface area (Å²) in [5.74, 6) is 0.780. The first-order valence-corrected chi connectivity index (χ1v) is 11.8. The molecule has 2 amide bonds. The second-order valence-corrected chi connectivity index (χ2v) is 10.1. The average Bonchev–Trinajstić information content (AvgIpc) is 3.56. The number of ether oxygens (including phenoxy) is 2. The Balaban J connectivity index is 1.33. The number of nitrogens with one attached hydrogen (secondary N) is 1. The molecule has 176 valence electrons. The van der Waals surface area contributed by atoms with Gasteiger partial charge in [-0.2, -0.15) is 0 Å². The molecule has 0 saturated heterocycles. The Hall–Kier alpha value is -3.48. The molecule has 34 heavy (non-hydrogen) atoms. The van der Waals surface area contributed by atoms with Crippen LogP contribution in [0.25, 0.3) is 11.0 Å². The standard InChI is InChI=1S/C27H28N2O5/c1-26(25(31)28-15-17-7-3-5-9-20(17)32-2)16-33-22-19-8-4-6-10-21(19)34-23(22)24(30)29(26)18-13-27(14-18)11-12-27/h3-10,18H,11-16H2,1-2H3,(H,28,31). The largest absolute Gasteiger partial charge is 0.496 e.